The zero-order valence-electron chi connectivity index (χ0n) is 11.1. The highest BCUT2D eigenvalue weighted by Crippen LogP contribution is 2.18. The van der Waals surface area contributed by atoms with E-state index in [1.165, 1.54) is 0 Å². The molecule has 1 saturated heterocycles. The minimum atomic E-state index is 0.0973. The Morgan fingerprint density at radius 2 is 1.85 bits per heavy atom. The van der Waals surface area contributed by atoms with Crippen molar-refractivity contribution in [2.45, 2.75) is 12.8 Å². The fraction of sp³-hybridized carbons (Fsp3) is 0.267. The van der Waals surface area contributed by atoms with Gasteiger partial charge in [-0.3, -0.25) is 4.79 Å². The zero-order chi connectivity index (χ0) is 13.8. The van der Waals surface area contributed by atoms with Gasteiger partial charge in [0, 0.05) is 36.7 Å². The number of nitrogens with one attached hydrogen (secondary N) is 1. The third kappa shape index (κ3) is 2.77. The minimum Gasteiger partial charge on any atom is -0.339 e. The van der Waals surface area contributed by atoms with Gasteiger partial charge >= 0.3 is 0 Å². The quantitative estimate of drug-likeness (QED) is 0.929. The molecule has 1 aromatic carbocycles. The minimum absolute atomic E-state index is 0.0973. The molecular weight excluding hydrogens is 252 g/mol. The molecule has 1 aliphatic heterocycles. The van der Waals surface area contributed by atoms with Crippen LogP contribution >= 0.6 is 0 Å². The number of aromatic nitrogens is 2. The number of carbonyl (C=O) groups excluding carboxylic acids is 1. The molecule has 5 heteroatoms. The highest BCUT2D eigenvalue weighted by atomic mass is 16.2. The van der Waals surface area contributed by atoms with Crippen LogP contribution < -0.4 is 5.32 Å². The summed E-state index contributed by atoms with van der Waals surface area (Å²) in [6, 6.07) is 9.22. The molecule has 1 aromatic heterocycles. The summed E-state index contributed by atoms with van der Waals surface area (Å²) in [6.07, 6.45) is 5.55. The molecule has 0 aliphatic carbocycles. The van der Waals surface area contributed by atoms with Gasteiger partial charge < -0.3 is 10.2 Å². The molecule has 1 N–H and O–H groups in total. The first-order valence-corrected chi connectivity index (χ1v) is 6.76. The SMILES string of the molecule is O=C(c1cccc(Nc2ncccn2)c1)N1CCCC1. The molecule has 0 atom stereocenters. The number of amides is 1. The van der Waals surface area contributed by atoms with Crippen molar-refractivity contribution in [3.63, 3.8) is 0 Å². The van der Waals surface area contributed by atoms with E-state index >= 15 is 0 Å². The second-order valence-corrected chi connectivity index (χ2v) is 4.78. The van der Waals surface area contributed by atoms with Crippen LogP contribution in [0.25, 0.3) is 0 Å². The molecule has 1 fully saturated rings. The molecule has 0 saturated carbocycles. The van der Waals surface area contributed by atoms with Crippen LogP contribution in [0.4, 0.5) is 11.6 Å². The zero-order valence-corrected chi connectivity index (χ0v) is 11.1. The van der Waals surface area contributed by atoms with Crippen LogP contribution in [0.1, 0.15) is 23.2 Å². The van der Waals surface area contributed by atoms with Gasteiger partial charge in [0.1, 0.15) is 0 Å². The number of anilines is 2. The number of rotatable bonds is 3. The third-order valence-corrected chi connectivity index (χ3v) is 3.32. The lowest BCUT2D eigenvalue weighted by molar-refractivity contribution is 0.0793. The maximum absolute atomic E-state index is 12.3. The monoisotopic (exact) mass is 268 g/mol. The highest BCUT2D eigenvalue weighted by molar-refractivity contribution is 5.95. The lowest BCUT2D eigenvalue weighted by atomic mass is 10.2. The first-order valence-electron chi connectivity index (χ1n) is 6.76. The fourth-order valence-corrected chi connectivity index (χ4v) is 2.33. The van der Waals surface area contributed by atoms with Crippen molar-refractivity contribution in [3.05, 3.63) is 48.3 Å². The van der Waals surface area contributed by atoms with Gasteiger partial charge in [-0.15, -0.1) is 0 Å². The van der Waals surface area contributed by atoms with Crippen molar-refractivity contribution in [2.24, 2.45) is 0 Å². The van der Waals surface area contributed by atoms with Gasteiger partial charge in [-0.1, -0.05) is 6.07 Å². The average Bonchev–Trinajstić information content (AvgIpc) is 3.02. The molecule has 3 rings (SSSR count). The third-order valence-electron chi connectivity index (χ3n) is 3.32. The molecule has 0 bridgehead atoms. The standard InChI is InChI=1S/C15H16N4O/c20-14(19-9-1-2-10-19)12-5-3-6-13(11-12)18-15-16-7-4-8-17-15/h3-8,11H,1-2,9-10H2,(H,16,17,18). The number of hydrogen-bond acceptors (Lipinski definition) is 4. The van der Waals surface area contributed by atoms with Gasteiger partial charge in [-0.2, -0.15) is 0 Å². The second-order valence-electron chi connectivity index (χ2n) is 4.78. The topological polar surface area (TPSA) is 58.1 Å². The summed E-state index contributed by atoms with van der Waals surface area (Å²) in [5.74, 6) is 0.624. The number of benzene rings is 1. The molecule has 0 spiro atoms. The number of hydrogen-bond donors (Lipinski definition) is 1. The molecule has 5 nitrogen and oxygen atoms in total. The molecule has 2 heterocycles. The summed E-state index contributed by atoms with van der Waals surface area (Å²) >= 11 is 0. The van der Waals surface area contributed by atoms with Crippen LogP contribution in [0.15, 0.2) is 42.7 Å². The Morgan fingerprint density at radius 1 is 1.10 bits per heavy atom. The predicted octanol–water partition coefficient (Wildman–Crippen LogP) is 2.46. The van der Waals surface area contributed by atoms with Crippen LogP contribution in [-0.4, -0.2) is 33.9 Å². The normalized spacial score (nSPS) is 14.3. The smallest absolute Gasteiger partial charge is 0.253 e. The molecule has 102 valence electrons. The number of likely N-dealkylation sites (tertiary alicyclic amines) is 1. The van der Waals surface area contributed by atoms with E-state index in [-0.39, 0.29) is 5.91 Å². The van der Waals surface area contributed by atoms with E-state index in [9.17, 15) is 4.79 Å². The molecule has 1 amide bonds. The van der Waals surface area contributed by atoms with Crippen LogP contribution in [-0.2, 0) is 0 Å². The van der Waals surface area contributed by atoms with E-state index < -0.39 is 0 Å². The van der Waals surface area contributed by atoms with Crippen molar-refractivity contribution >= 4 is 17.5 Å². The van der Waals surface area contributed by atoms with E-state index in [0.717, 1.165) is 31.6 Å². The van der Waals surface area contributed by atoms with Gasteiger partial charge in [0.2, 0.25) is 5.95 Å². The average molecular weight is 268 g/mol. The number of carbonyl (C=O) groups is 1. The van der Waals surface area contributed by atoms with E-state index in [1.807, 2.05) is 29.2 Å². The van der Waals surface area contributed by atoms with Crippen molar-refractivity contribution in [3.8, 4) is 0 Å². The second kappa shape index (κ2) is 5.69. The van der Waals surface area contributed by atoms with Crippen molar-refractivity contribution in [1.82, 2.24) is 14.9 Å². The predicted molar refractivity (Wildman–Crippen MR) is 76.9 cm³/mol. The Morgan fingerprint density at radius 3 is 2.60 bits per heavy atom. The Bertz CT molecular complexity index is 594. The molecule has 0 radical (unpaired) electrons. The summed E-state index contributed by atoms with van der Waals surface area (Å²) in [6.45, 7) is 1.72. The summed E-state index contributed by atoms with van der Waals surface area (Å²) in [5.41, 5.74) is 1.52. The van der Waals surface area contributed by atoms with Crippen molar-refractivity contribution in [2.75, 3.05) is 18.4 Å². The van der Waals surface area contributed by atoms with Gasteiger partial charge in [0.15, 0.2) is 0 Å². The lowest BCUT2D eigenvalue weighted by Gasteiger charge is -2.15. The van der Waals surface area contributed by atoms with E-state index in [1.54, 1.807) is 18.5 Å². The molecule has 0 unspecified atom stereocenters. The Balaban J connectivity index is 1.77. The maximum atomic E-state index is 12.3. The van der Waals surface area contributed by atoms with E-state index in [0.29, 0.717) is 11.5 Å². The van der Waals surface area contributed by atoms with E-state index in [2.05, 4.69) is 15.3 Å². The summed E-state index contributed by atoms with van der Waals surface area (Å²) in [5, 5.41) is 3.10. The van der Waals surface area contributed by atoms with Gasteiger partial charge in [-0.05, 0) is 37.1 Å². The molecule has 1 aliphatic rings. The van der Waals surface area contributed by atoms with Gasteiger partial charge in [0.25, 0.3) is 5.91 Å². The van der Waals surface area contributed by atoms with Crippen LogP contribution in [0.3, 0.4) is 0 Å². The van der Waals surface area contributed by atoms with Crippen molar-refractivity contribution < 1.29 is 4.79 Å². The van der Waals surface area contributed by atoms with Gasteiger partial charge in [-0.25, -0.2) is 9.97 Å². The van der Waals surface area contributed by atoms with Gasteiger partial charge in [0.05, 0.1) is 0 Å². The Hall–Kier alpha value is -2.43. The largest absolute Gasteiger partial charge is 0.339 e. The molecule has 20 heavy (non-hydrogen) atoms. The maximum Gasteiger partial charge on any atom is 0.253 e. The fourth-order valence-electron chi connectivity index (χ4n) is 2.33. The van der Waals surface area contributed by atoms with Crippen LogP contribution in [0.5, 0.6) is 0 Å². The molecular formula is C15H16N4O. The van der Waals surface area contributed by atoms with Crippen LogP contribution in [0.2, 0.25) is 0 Å². The Kier molecular flexibility index (Phi) is 3.58. The number of nitrogens with zero attached hydrogens (tertiary/aromatic N) is 3. The lowest BCUT2D eigenvalue weighted by Crippen LogP contribution is -2.27. The highest BCUT2D eigenvalue weighted by Gasteiger charge is 2.19. The van der Waals surface area contributed by atoms with Crippen molar-refractivity contribution in [1.29, 1.82) is 0 Å². The van der Waals surface area contributed by atoms with Crippen LogP contribution in [0, 0.1) is 0 Å². The first kappa shape index (κ1) is 12.6. The van der Waals surface area contributed by atoms with E-state index in [4.69, 9.17) is 0 Å². The summed E-state index contributed by atoms with van der Waals surface area (Å²) < 4.78 is 0. The molecule has 2 aromatic rings. The Labute approximate surface area is 117 Å². The first-order chi connectivity index (χ1) is 9.83. The summed E-state index contributed by atoms with van der Waals surface area (Å²) in [4.78, 5) is 22.4. The summed E-state index contributed by atoms with van der Waals surface area (Å²) in [7, 11) is 0.